The Balaban J connectivity index is 1.61. The molecule has 2 heterocycles. The number of nitrogens with zero attached hydrogens (tertiary/aromatic N) is 3. The molecule has 1 aliphatic heterocycles. The summed E-state index contributed by atoms with van der Waals surface area (Å²) in [6, 6.07) is 2.85. The molecular weight excluding hydrogens is 464 g/mol. The molecule has 1 N–H and O–H groups in total. The molecule has 0 bridgehead atoms. The minimum absolute atomic E-state index is 0.0270. The van der Waals surface area contributed by atoms with Gasteiger partial charge in [0.2, 0.25) is 21.7 Å². The van der Waals surface area contributed by atoms with Crippen molar-refractivity contribution in [3.05, 3.63) is 29.2 Å². The van der Waals surface area contributed by atoms with Crippen LogP contribution in [0.2, 0.25) is 0 Å². The minimum atomic E-state index is -3.93. The number of aryl methyl sites for hydroxylation is 2. The highest BCUT2D eigenvalue weighted by Crippen LogP contribution is 2.40. The van der Waals surface area contributed by atoms with Crippen LogP contribution < -0.4 is 18.9 Å². The van der Waals surface area contributed by atoms with E-state index in [1.165, 1.54) is 6.92 Å². The molecule has 188 valence electrons. The Bertz CT molecular complexity index is 1110. The van der Waals surface area contributed by atoms with Gasteiger partial charge in [0.15, 0.2) is 17.3 Å². The van der Waals surface area contributed by atoms with Gasteiger partial charge in [-0.3, -0.25) is 9.69 Å². The van der Waals surface area contributed by atoms with Crippen LogP contribution in [0.5, 0.6) is 17.2 Å². The molecule has 12 heteroatoms. The zero-order valence-corrected chi connectivity index (χ0v) is 21.2. The van der Waals surface area contributed by atoms with Gasteiger partial charge in [0.05, 0.1) is 27.4 Å². The number of nitrogens with one attached hydrogen (secondary N) is 1. The lowest BCUT2D eigenvalue weighted by molar-refractivity contribution is -0.134. The van der Waals surface area contributed by atoms with Crippen LogP contribution in [0.4, 0.5) is 0 Å². The van der Waals surface area contributed by atoms with E-state index < -0.39 is 16.1 Å². The fourth-order valence-electron chi connectivity index (χ4n) is 4.13. The number of carbonyl (C=O) groups excluding carboxylic acids is 1. The van der Waals surface area contributed by atoms with Crippen molar-refractivity contribution in [1.82, 2.24) is 19.7 Å². The number of hydrogen-bond donors (Lipinski definition) is 1. The fourth-order valence-corrected chi connectivity index (χ4v) is 5.66. The Labute approximate surface area is 200 Å². The van der Waals surface area contributed by atoms with E-state index in [1.807, 2.05) is 12.1 Å². The van der Waals surface area contributed by atoms with Crippen molar-refractivity contribution in [1.29, 1.82) is 0 Å². The van der Waals surface area contributed by atoms with Crippen molar-refractivity contribution in [2.75, 3.05) is 47.5 Å². The number of sulfonamides is 1. The first-order valence-electron chi connectivity index (χ1n) is 10.9. The second kappa shape index (κ2) is 10.6. The van der Waals surface area contributed by atoms with E-state index in [-0.39, 0.29) is 22.3 Å². The average Bonchev–Trinajstić information content (AvgIpc) is 3.16. The number of piperazine rings is 1. The summed E-state index contributed by atoms with van der Waals surface area (Å²) in [5.41, 5.74) is 1.20. The number of amides is 1. The highest BCUT2D eigenvalue weighted by Gasteiger charge is 2.31. The van der Waals surface area contributed by atoms with E-state index in [1.54, 1.807) is 40.1 Å². The molecule has 1 saturated heterocycles. The largest absolute Gasteiger partial charge is 0.493 e. The topological polar surface area (TPSA) is 123 Å². The van der Waals surface area contributed by atoms with Gasteiger partial charge < -0.3 is 23.6 Å². The number of ether oxygens (including phenoxy) is 3. The summed E-state index contributed by atoms with van der Waals surface area (Å²) >= 11 is 0. The Morgan fingerprint density at radius 2 is 1.74 bits per heavy atom. The van der Waals surface area contributed by atoms with Gasteiger partial charge in [-0.1, -0.05) is 11.2 Å². The predicted octanol–water partition coefficient (Wildman–Crippen LogP) is 1.33. The van der Waals surface area contributed by atoms with Crippen LogP contribution in [-0.2, 0) is 21.4 Å². The molecule has 1 aliphatic rings. The van der Waals surface area contributed by atoms with Crippen molar-refractivity contribution in [3.63, 3.8) is 0 Å². The number of hydrogen-bond acceptors (Lipinski definition) is 9. The van der Waals surface area contributed by atoms with Crippen LogP contribution in [0.25, 0.3) is 0 Å². The summed E-state index contributed by atoms with van der Waals surface area (Å²) in [5.74, 6) is 1.65. The van der Waals surface area contributed by atoms with Crippen LogP contribution >= 0.6 is 0 Å². The highest BCUT2D eigenvalue weighted by molar-refractivity contribution is 7.89. The predicted molar refractivity (Wildman–Crippen MR) is 124 cm³/mol. The number of benzene rings is 1. The summed E-state index contributed by atoms with van der Waals surface area (Å²) < 4.78 is 49.2. The average molecular weight is 497 g/mol. The summed E-state index contributed by atoms with van der Waals surface area (Å²) in [7, 11) is 0.790. The van der Waals surface area contributed by atoms with Crippen molar-refractivity contribution >= 4 is 15.9 Å². The fraction of sp³-hybridized carbons (Fsp3) is 0.545. The van der Waals surface area contributed by atoms with Gasteiger partial charge in [0.1, 0.15) is 10.6 Å². The molecule has 1 aromatic heterocycles. The molecule has 34 heavy (non-hydrogen) atoms. The maximum absolute atomic E-state index is 12.9. The quantitative estimate of drug-likeness (QED) is 0.547. The molecule has 3 rings (SSSR count). The van der Waals surface area contributed by atoms with Gasteiger partial charge in [0.25, 0.3) is 0 Å². The van der Waals surface area contributed by atoms with Crippen LogP contribution in [0.3, 0.4) is 0 Å². The van der Waals surface area contributed by atoms with Gasteiger partial charge in [-0.2, -0.15) is 4.72 Å². The first kappa shape index (κ1) is 25.8. The third kappa shape index (κ3) is 5.29. The molecule has 0 radical (unpaired) electrons. The van der Waals surface area contributed by atoms with Crippen molar-refractivity contribution in [2.45, 2.75) is 38.3 Å². The van der Waals surface area contributed by atoms with E-state index >= 15 is 0 Å². The maximum Gasteiger partial charge on any atom is 0.246 e. The molecule has 1 fully saturated rings. The van der Waals surface area contributed by atoms with Crippen LogP contribution in [0.15, 0.2) is 21.6 Å². The monoisotopic (exact) mass is 496 g/mol. The van der Waals surface area contributed by atoms with E-state index in [9.17, 15) is 13.2 Å². The van der Waals surface area contributed by atoms with E-state index in [0.29, 0.717) is 50.0 Å². The molecule has 0 unspecified atom stereocenters. The van der Waals surface area contributed by atoms with Gasteiger partial charge in [-0.15, -0.1) is 0 Å². The molecule has 1 amide bonds. The molecule has 0 saturated carbocycles. The van der Waals surface area contributed by atoms with Crippen molar-refractivity contribution in [3.8, 4) is 17.2 Å². The number of carbonyl (C=O) groups is 1. The van der Waals surface area contributed by atoms with Gasteiger partial charge in [-0.25, -0.2) is 8.42 Å². The highest BCUT2D eigenvalue weighted by atomic mass is 32.2. The number of rotatable bonds is 9. The standard InChI is InChI=1S/C22H32N4O7S/c1-14-21(16(3)33-23-14)34(28,29)24-15(2)22(27)26-11-9-25(10-12-26)13-17-7-8-18(30-4)20(32-6)19(17)31-5/h7-8,15,24H,9-13H2,1-6H3/t15-/m0/s1. The smallest absolute Gasteiger partial charge is 0.246 e. The second-order valence-electron chi connectivity index (χ2n) is 8.09. The van der Waals surface area contributed by atoms with Crippen molar-refractivity contribution < 1.29 is 31.9 Å². The summed E-state index contributed by atoms with van der Waals surface area (Å²) in [6.45, 7) is 7.44. The summed E-state index contributed by atoms with van der Waals surface area (Å²) in [6.07, 6.45) is 0. The second-order valence-corrected chi connectivity index (χ2v) is 9.74. The third-order valence-corrected chi connectivity index (χ3v) is 7.59. The zero-order valence-electron chi connectivity index (χ0n) is 20.4. The van der Waals surface area contributed by atoms with E-state index in [2.05, 4.69) is 14.8 Å². The van der Waals surface area contributed by atoms with Gasteiger partial charge in [0, 0.05) is 38.3 Å². The minimum Gasteiger partial charge on any atom is -0.493 e. The van der Waals surface area contributed by atoms with Gasteiger partial charge >= 0.3 is 0 Å². The Kier molecular flexibility index (Phi) is 8.05. The zero-order chi connectivity index (χ0) is 25.0. The molecule has 2 aromatic rings. The Hall–Kier alpha value is -2.83. The number of methoxy groups -OCH3 is 3. The third-order valence-electron chi connectivity index (χ3n) is 5.80. The first-order chi connectivity index (χ1) is 16.1. The Morgan fingerprint density at radius 1 is 1.09 bits per heavy atom. The molecule has 1 atom stereocenters. The summed E-state index contributed by atoms with van der Waals surface area (Å²) in [4.78, 5) is 16.8. The Morgan fingerprint density at radius 3 is 2.26 bits per heavy atom. The normalized spacial score (nSPS) is 15.8. The van der Waals surface area contributed by atoms with E-state index in [4.69, 9.17) is 18.7 Å². The van der Waals surface area contributed by atoms with Crippen LogP contribution in [0.1, 0.15) is 23.9 Å². The first-order valence-corrected chi connectivity index (χ1v) is 12.3. The lowest BCUT2D eigenvalue weighted by atomic mass is 10.1. The molecule has 11 nitrogen and oxygen atoms in total. The SMILES string of the molecule is COc1ccc(CN2CCN(C(=O)[C@H](C)NS(=O)(=O)c3c(C)noc3C)CC2)c(OC)c1OC. The van der Waals surface area contributed by atoms with Crippen LogP contribution in [0, 0.1) is 13.8 Å². The molecular formula is C22H32N4O7S. The molecule has 1 aromatic carbocycles. The lowest BCUT2D eigenvalue weighted by Crippen LogP contribution is -2.53. The van der Waals surface area contributed by atoms with Crippen LogP contribution in [-0.4, -0.2) is 82.8 Å². The molecule has 0 aliphatic carbocycles. The van der Waals surface area contributed by atoms with Gasteiger partial charge in [-0.05, 0) is 26.8 Å². The van der Waals surface area contributed by atoms with Crippen molar-refractivity contribution in [2.24, 2.45) is 0 Å². The maximum atomic E-state index is 12.9. The number of aromatic nitrogens is 1. The summed E-state index contributed by atoms with van der Waals surface area (Å²) in [5, 5.41) is 3.68. The van der Waals surface area contributed by atoms with E-state index in [0.717, 1.165) is 5.56 Å². The lowest BCUT2D eigenvalue weighted by Gasteiger charge is -2.36. The molecule has 0 spiro atoms.